The lowest BCUT2D eigenvalue weighted by Crippen LogP contribution is -1.69. The predicted octanol–water partition coefficient (Wildman–Crippen LogP) is 4.03. The number of nitrogens with zero attached hydrogens (tertiary/aromatic N) is 3. The number of aromatic nitrogens is 2. The first-order valence-electron chi connectivity index (χ1n) is 4.13. The van der Waals surface area contributed by atoms with Crippen LogP contribution in [0.15, 0.2) is 40.6 Å². The van der Waals surface area contributed by atoms with Crippen LogP contribution in [0, 0.1) is 7.40 Å². The molecule has 0 aliphatic carbocycles. The molecule has 0 aliphatic rings. The van der Waals surface area contributed by atoms with Gasteiger partial charge in [0.05, 0.1) is 5.69 Å². The maximum atomic E-state index is 4.19. The summed E-state index contributed by atoms with van der Waals surface area (Å²) in [5.41, 5.74) is 0.818. The van der Waals surface area contributed by atoms with Gasteiger partial charge < -0.3 is 4.98 Å². The summed E-state index contributed by atoms with van der Waals surface area (Å²) in [6.45, 7) is 0. The second kappa shape index (κ2) is 5.01. The number of benzene rings is 1. The number of aromatic amines is 1. The van der Waals surface area contributed by atoms with Crippen LogP contribution in [0.2, 0.25) is 0 Å². The van der Waals surface area contributed by atoms with E-state index in [1.165, 1.54) is 0 Å². The van der Waals surface area contributed by atoms with Gasteiger partial charge in [0.2, 0.25) is 5.95 Å². The Bertz CT molecular complexity index is 459. The zero-order chi connectivity index (χ0) is 10.7. The van der Waals surface area contributed by atoms with Crippen molar-refractivity contribution < 1.29 is 0 Å². The summed E-state index contributed by atoms with van der Waals surface area (Å²) < 4.78 is 1.89. The third-order valence-electron chi connectivity index (χ3n) is 1.62. The molecule has 0 spiro atoms. The van der Waals surface area contributed by atoms with Gasteiger partial charge in [0.15, 0.2) is 0 Å². The summed E-state index contributed by atoms with van der Waals surface area (Å²) in [5.74, 6) is 0.535. The molecule has 0 saturated carbocycles. The molecule has 4 nitrogen and oxygen atoms in total. The molecule has 1 aromatic heterocycles. The van der Waals surface area contributed by atoms with Crippen LogP contribution in [0.4, 0.5) is 11.6 Å². The summed E-state index contributed by atoms with van der Waals surface area (Å²) in [6.07, 6.45) is 0. The molecule has 2 aromatic rings. The van der Waals surface area contributed by atoms with Crippen molar-refractivity contribution in [3.63, 3.8) is 0 Å². The molecular weight excluding hydrogens is 418 g/mol. The molecule has 15 heavy (non-hydrogen) atoms. The van der Waals surface area contributed by atoms with E-state index in [1.807, 2.05) is 30.3 Å². The Balaban J connectivity index is 2.19. The van der Waals surface area contributed by atoms with Gasteiger partial charge in [0.25, 0.3) is 0 Å². The minimum absolute atomic E-state index is 0.535. The van der Waals surface area contributed by atoms with Crippen molar-refractivity contribution in [2.75, 3.05) is 0 Å². The fourth-order valence-corrected chi connectivity index (χ4v) is 1.69. The SMILES string of the molecule is Ic1nc(N=Nc2ccccc2)[nH]c1I. The van der Waals surface area contributed by atoms with Crippen molar-refractivity contribution in [1.29, 1.82) is 0 Å². The van der Waals surface area contributed by atoms with Gasteiger partial charge in [-0.2, -0.15) is 0 Å². The maximum absolute atomic E-state index is 4.19. The van der Waals surface area contributed by atoms with Crippen LogP contribution in [0.1, 0.15) is 0 Å². The van der Waals surface area contributed by atoms with E-state index >= 15 is 0 Å². The van der Waals surface area contributed by atoms with E-state index < -0.39 is 0 Å². The molecule has 0 fully saturated rings. The lowest BCUT2D eigenvalue weighted by atomic mass is 10.3. The Morgan fingerprint density at radius 2 is 1.80 bits per heavy atom. The van der Waals surface area contributed by atoms with Gasteiger partial charge in [0.1, 0.15) is 7.40 Å². The molecule has 0 saturated heterocycles. The molecule has 0 bridgehead atoms. The second-order valence-electron chi connectivity index (χ2n) is 2.70. The van der Waals surface area contributed by atoms with Gasteiger partial charge in [-0.05, 0) is 57.3 Å². The number of rotatable bonds is 2. The van der Waals surface area contributed by atoms with E-state index in [0.717, 1.165) is 13.1 Å². The summed E-state index contributed by atoms with van der Waals surface area (Å²) in [5, 5.41) is 8.06. The molecule has 76 valence electrons. The quantitative estimate of drug-likeness (QED) is 0.575. The molecule has 6 heteroatoms. The van der Waals surface area contributed by atoms with Gasteiger partial charge in [-0.3, -0.25) is 0 Å². The summed E-state index contributed by atoms with van der Waals surface area (Å²) in [7, 11) is 0. The van der Waals surface area contributed by atoms with Crippen LogP contribution in [0.25, 0.3) is 0 Å². The molecular formula is C9H6I2N4. The highest BCUT2D eigenvalue weighted by molar-refractivity contribution is 14.1. The lowest BCUT2D eigenvalue weighted by molar-refractivity contribution is 1.12. The number of H-pyrrole nitrogens is 1. The molecule has 1 heterocycles. The van der Waals surface area contributed by atoms with E-state index in [2.05, 4.69) is 65.4 Å². The van der Waals surface area contributed by atoms with Gasteiger partial charge in [-0.1, -0.05) is 18.2 Å². The molecule has 0 atom stereocenters. The molecule has 1 N–H and O–H groups in total. The Labute approximate surface area is 114 Å². The number of hydrogen-bond acceptors (Lipinski definition) is 3. The normalized spacial score (nSPS) is 11.1. The highest BCUT2D eigenvalue weighted by atomic mass is 127. The second-order valence-corrected chi connectivity index (χ2v) is 4.80. The van der Waals surface area contributed by atoms with E-state index in [0.29, 0.717) is 5.95 Å². The average Bonchev–Trinajstić information content (AvgIpc) is 2.57. The van der Waals surface area contributed by atoms with Crippen molar-refractivity contribution in [3.05, 3.63) is 37.7 Å². The van der Waals surface area contributed by atoms with E-state index in [9.17, 15) is 0 Å². The summed E-state index contributed by atoms with van der Waals surface area (Å²) >= 11 is 4.32. The number of halogens is 2. The first-order chi connectivity index (χ1) is 7.25. The molecule has 0 radical (unpaired) electrons. The Hall–Kier alpha value is -0.510. The zero-order valence-corrected chi connectivity index (χ0v) is 11.8. The Morgan fingerprint density at radius 1 is 1.07 bits per heavy atom. The van der Waals surface area contributed by atoms with Crippen LogP contribution in [-0.4, -0.2) is 9.97 Å². The lowest BCUT2D eigenvalue weighted by Gasteiger charge is -1.87. The number of hydrogen-bond donors (Lipinski definition) is 1. The fourth-order valence-electron chi connectivity index (χ4n) is 0.967. The minimum atomic E-state index is 0.535. The summed E-state index contributed by atoms with van der Waals surface area (Å²) in [4.78, 5) is 7.21. The highest BCUT2D eigenvalue weighted by Gasteiger charge is 2.02. The average molecular weight is 424 g/mol. The number of azo groups is 1. The van der Waals surface area contributed by atoms with Gasteiger partial charge in [-0.15, -0.1) is 10.2 Å². The standard InChI is InChI=1S/C9H6I2N4/c10-7-8(11)13-9(12-7)15-14-6-4-2-1-3-5-6/h1-5H,(H,12,13). The van der Waals surface area contributed by atoms with Crippen molar-refractivity contribution in [1.82, 2.24) is 9.97 Å². The first kappa shape index (κ1) is 11.0. The monoisotopic (exact) mass is 424 g/mol. The van der Waals surface area contributed by atoms with Crippen LogP contribution >= 0.6 is 45.2 Å². The third kappa shape index (κ3) is 2.97. The highest BCUT2D eigenvalue weighted by Crippen LogP contribution is 2.19. The van der Waals surface area contributed by atoms with Gasteiger partial charge in [0, 0.05) is 0 Å². The Kier molecular flexibility index (Phi) is 3.67. The molecule has 1 aromatic carbocycles. The molecule has 0 amide bonds. The maximum Gasteiger partial charge on any atom is 0.248 e. The molecule has 0 unspecified atom stereocenters. The van der Waals surface area contributed by atoms with Crippen molar-refractivity contribution in [2.24, 2.45) is 10.2 Å². The van der Waals surface area contributed by atoms with Crippen molar-refractivity contribution in [2.45, 2.75) is 0 Å². The van der Waals surface area contributed by atoms with Crippen molar-refractivity contribution >= 4 is 56.8 Å². The van der Waals surface area contributed by atoms with Gasteiger partial charge in [-0.25, -0.2) is 4.98 Å². The van der Waals surface area contributed by atoms with E-state index in [1.54, 1.807) is 0 Å². The van der Waals surface area contributed by atoms with Gasteiger partial charge >= 0.3 is 0 Å². The van der Waals surface area contributed by atoms with E-state index in [4.69, 9.17) is 0 Å². The van der Waals surface area contributed by atoms with Crippen LogP contribution in [0.3, 0.4) is 0 Å². The molecule has 2 rings (SSSR count). The van der Waals surface area contributed by atoms with Crippen LogP contribution in [0.5, 0.6) is 0 Å². The van der Waals surface area contributed by atoms with E-state index in [-0.39, 0.29) is 0 Å². The zero-order valence-electron chi connectivity index (χ0n) is 7.48. The largest absolute Gasteiger partial charge is 0.316 e. The van der Waals surface area contributed by atoms with Crippen molar-refractivity contribution in [3.8, 4) is 0 Å². The first-order valence-corrected chi connectivity index (χ1v) is 6.29. The number of nitrogens with one attached hydrogen (secondary N) is 1. The molecule has 0 aliphatic heterocycles. The smallest absolute Gasteiger partial charge is 0.248 e. The predicted molar refractivity (Wildman–Crippen MR) is 74.6 cm³/mol. The third-order valence-corrected chi connectivity index (χ3v) is 4.22. The number of imidazole rings is 1. The van der Waals surface area contributed by atoms with Crippen LogP contribution < -0.4 is 0 Å². The Morgan fingerprint density at radius 3 is 2.40 bits per heavy atom. The van der Waals surface area contributed by atoms with Crippen LogP contribution in [-0.2, 0) is 0 Å². The fraction of sp³-hybridized carbons (Fsp3) is 0. The topological polar surface area (TPSA) is 53.4 Å². The summed E-state index contributed by atoms with van der Waals surface area (Å²) in [6, 6.07) is 9.57. The minimum Gasteiger partial charge on any atom is -0.316 e.